The predicted molar refractivity (Wildman–Crippen MR) is 123 cm³/mol. The van der Waals surface area contributed by atoms with Crippen LogP contribution in [-0.4, -0.2) is 40.5 Å². The van der Waals surface area contributed by atoms with E-state index in [2.05, 4.69) is 21.2 Å². The van der Waals surface area contributed by atoms with E-state index in [4.69, 9.17) is 16.6 Å². The number of nitrogens with one attached hydrogen (secondary N) is 1. The third kappa shape index (κ3) is 5.14. The first-order valence-electron chi connectivity index (χ1n) is 9.04. The van der Waals surface area contributed by atoms with Crippen molar-refractivity contribution in [1.29, 1.82) is 0 Å². The summed E-state index contributed by atoms with van der Waals surface area (Å²) in [6.45, 7) is 0. The molecular weight excluding hydrogens is 468 g/mol. The summed E-state index contributed by atoms with van der Waals surface area (Å²) in [4.78, 5) is 26.1. The molecule has 0 bridgehead atoms. The molecule has 0 fully saturated rings. The standard InChI is InChI=1S/C22H19BrN2O4S/c1-25(19(22(27)28)9-14-5-3-2-4-6-14)21(26)18(24-13-30)12-17-11-15-10-16(23)7-8-20(15)29-17/h2-8,10-13,19H,9H2,1H3,(H,24,30)(H,27,28)/b18-12+. The highest BCUT2D eigenvalue weighted by atomic mass is 79.9. The van der Waals surface area contributed by atoms with Gasteiger partial charge in [0.25, 0.3) is 5.91 Å². The maximum absolute atomic E-state index is 13.1. The summed E-state index contributed by atoms with van der Waals surface area (Å²) in [7, 11) is 1.46. The topological polar surface area (TPSA) is 82.8 Å². The smallest absolute Gasteiger partial charge is 0.326 e. The van der Waals surface area contributed by atoms with E-state index in [1.54, 1.807) is 6.07 Å². The number of carboxylic acid groups (broad SMARTS) is 1. The third-order valence-corrected chi connectivity index (χ3v) is 5.18. The molecule has 0 saturated carbocycles. The molecule has 1 heterocycles. The highest BCUT2D eigenvalue weighted by molar-refractivity contribution is 9.10. The van der Waals surface area contributed by atoms with Gasteiger partial charge in [0.05, 0.1) is 5.49 Å². The maximum Gasteiger partial charge on any atom is 0.326 e. The minimum atomic E-state index is -1.09. The van der Waals surface area contributed by atoms with Crippen LogP contribution in [-0.2, 0) is 16.0 Å². The summed E-state index contributed by atoms with van der Waals surface area (Å²) in [5, 5.41) is 13.3. The van der Waals surface area contributed by atoms with Gasteiger partial charge < -0.3 is 19.7 Å². The van der Waals surface area contributed by atoms with Crippen LogP contribution in [0, 0.1) is 0 Å². The van der Waals surface area contributed by atoms with Gasteiger partial charge in [-0.2, -0.15) is 0 Å². The molecule has 3 aromatic rings. The van der Waals surface area contributed by atoms with Crippen LogP contribution in [0.1, 0.15) is 11.3 Å². The minimum absolute atomic E-state index is 0.116. The van der Waals surface area contributed by atoms with E-state index in [0.717, 1.165) is 15.4 Å². The summed E-state index contributed by atoms with van der Waals surface area (Å²) in [5.74, 6) is -1.16. The molecule has 0 saturated heterocycles. The number of benzene rings is 2. The van der Waals surface area contributed by atoms with Gasteiger partial charge in [-0.25, -0.2) is 4.79 Å². The Morgan fingerprint density at radius 1 is 1.23 bits per heavy atom. The molecule has 1 aromatic heterocycles. The number of likely N-dealkylation sites (N-methyl/N-ethyl adjacent to an activating group) is 1. The number of carboxylic acids is 1. The zero-order valence-corrected chi connectivity index (χ0v) is 18.4. The van der Waals surface area contributed by atoms with Crippen LogP contribution in [0.5, 0.6) is 0 Å². The van der Waals surface area contributed by atoms with Gasteiger partial charge in [-0.1, -0.05) is 58.5 Å². The highest BCUT2D eigenvalue weighted by Crippen LogP contribution is 2.24. The van der Waals surface area contributed by atoms with Gasteiger partial charge in [-0.05, 0) is 29.8 Å². The largest absolute Gasteiger partial charge is 0.480 e. The van der Waals surface area contributed by atoms with Gasteiger partial charge in [-0.15, -0.1) is 0 Å². The van der Waals surface area contributed by atoms with Crippen molar-refractivity contribution in [2.24, 2.45) is 0 Å². The number of halogens is 1. The molecule has 30 heavy (non-hydrogen) atoms. The average Bonchev–Trinajstić information content (AvgIpc) is 3.12. The van der Waals surface area contributed by atoms with Crippen LogP contribution in [0.4, 0.5) is 0 Å². The molecule has 154 valence electrons. The number of nitrogens with zero attached hydrogens (tertiary/aromatic N) is 1. The van der Waals surface area contributed by atoms with Gasteiger partial charge >= 0.3 is 5.97 Å². The fourth-order valence-corrected chi connectivity index (χ4v) is 3.54. The van der Waals surface area contributed by atoms with Gasteiger partial charge in [0.2, 0.25) is 0 Å². The number of amides is 1. The maximum atomic E-state index is 13.1. The Balaban J connectivity index is 1.89. The van der Waals surface area contributed by atoms with Crippen molar-refractivity contribution < 1.29 is 19.1 Å². The first-order valence-corrected chi connectivity index (χ1v) is 10.3. The lowest BCUT2D eigenvalue weighted by atomic mass is 10.0. The zero-order valence-electron chi connectivity index (χ0n) is 16.0. The molecule has 8 heteroatoms. The molecule has 0 radical (unpaired) electrons. The lowest BCUT2D eigenvalue weighted by molar-refractivity contribution is -0.147. The summed E-state index contributed by atoms with van der Waals surface area (Å²) >= 11 is 8.26. The molecule has 1 unspecified atom stereocenters. The number of carbonyl (C=O) groups excluding carboxylic acids is 1. The number of aliphatic carboxylic acids is 1. The Morgan fingerprint density at radius 2 is 1.97 bits per heavy atom. The van der Waals surface area contributed by atoms with E-state index in [1.165, 1.54) is 23.5 Å². The summed E-state index contributed by atoms with van der Waals surface area (Å²) < 4.78 is 6.67. The summed E-state index contributed by atoms with van der Waals surface area (Å²) in [5.41, 5.74) is 2.80. The second-order valence-electron chi connectivity index (χ2n) is 6.61. The second-order valence-corrected chi connectivity index (χ2v) is 7.76. The van der Waals surface area contributed by atoms with E-state index in [0.29, 0.717) is 11.3 Å². The van der Waals surface area contributed by atoms with Crippen LogP contribution in [0.15, 0.2) is 69.2 Å². The van der Waals surface area contributed by atoms with Crippen molar-refractivity contribution in [1.82, 2.24) is 10.2 Å². The van der Waals surface area contributed by atoms with Gasteiger partial charge in [0.15, 0.2) is 0 Å². The molecule has 0 spiro atoms. The normalized spacial score (nSPS) is 12.4. The number of rotatable bonds is 8. The van der Waals surface area contributed by atoms with E-state index < -0.39 is 17.9 Å². The molecule has 2 N–H and O–H groups in total. The van der Waals surface area contributed by atoms with Crippen molar-refractivity contribution in [2.75, 3.05) is 7.05 Å². The number of fused-ring (bicyclic) bond motifs is 1. The number of hydrogen-bond acceptors (Lipinski definition) is 4. The lowest BCUT2D eigenvalue weighted by Gasteiger charge is -2.26. The molecule has 3 rings (SSSR count). The Kier molecular flexibility index (Phi) is 7.02. The number of carbonyl (C=O) groups is 2. The molecule has 1 atom stereocenters. The molecule has 0 aliphatic rings. The summed E-state index contributed by atoms with van der Waals surface area (Å²) in [6.07, 6.45) is 1.69. The van der Waals surface area contributed by atoms with Crippen LogP contribution < -0.4 is 5.32 Å². The second kappa shape index (κ2) is 9.69. The van der Waals surface area contributed by atoms with Gasteiger partial charge in [0, 0.05) is 29.4 Å². The van der Waals surface area contributed by atoms with Crippen LogP contribution in [0.2, 0.25) is 0 Å². The van der Waals surface area contributed by atoms with E-state index in [1.807, 2.05) is 48.5 Å². The monoisotopic (exact) mass is 486 g/mol. The fourth-order valence-electron chi connectivity index (χ4n) is 3.04. The zero-order chi connectivity index (χ0) is 21.7. The van der Waals surface area contributed by atoms with Crippen LogP contribution in [0.3, 0.4) is 0 Å². The third-order valence-electron chi connectivity index (χ3n) is 4.57. The first kappa shape index (κ1) is 21.7. The SMILES string of the molecule is CN(C(=O)/C(=C\c1cc2cc(Br)ccc2o1)NC=S)C(Cc1ccccc1)C(=O)O. The first-order chi connectivity index (χ1) is 14.4. The predicted octanol–water partition coefficient (Wildman–Crippen LogP) is 4.24. The van der Waals surface area contributed by atoms with Crippen molar-refractivity contribution in [2.45, 2.75) is 12.5 Å². The molecular formula is C22H19BrN2O4S. The Hall–Kier alpha value is -2.97. The van der Waals surface area contributed by atoms with Gasteiger partial charge in [0.1, 0.15) is 23.1 Å². The van der Waals surface area contributed by atoms with Gasteiger partial charge in [-0.3, -0.25) is 4.79 Å². The van der Waals surface area contributed by atoms with Crippen molar-refractivity contribution >= 4 is 62.6 Å². The van der Waals surface area contributed by atoms with E-state index in [9.17, 15) is 14.7 Å². The van der Waals surface area contributed by atoms with Crippen molar-refractivity contribution in [3.63, 3.8) is 0 Å². The quantitative estimate of drug-likeness (QED) is 0.366. The number of furan rings is 1. The van der Waals surface area contributed by atoms with E-state index in [-0.39, 0.29) is 12.1 Å². The molecule has 2 aromatic carbocycles. The van der Waals surface area contributed by atoms with Crippen molar-refractivity contribution in [3.05, 3.63) is 76.1 Å². The minimum Gasteiger partial charge on any atom is -0.480 e. The van der Waals surface area contributed by atoms with Crippen molar-refractivity contribution in [3.8, 4) is 0 Å². The number of hydrogen-bond donors (Lipinski definition) is 2. The fraction of sp³-hybridized carbons (Fsp3) is 0.136. The van der Waals surface area contributed by atoms with Crippen LogP contribution in [0.25, 0.3) is 17.0 Å². The molecule has 0 aliphatic heterocycles. The average molecular weight is 487 g/mol. The van der Waals surface area contributed by atoms with E-state index >= 15 is 0 Å². The summed E-state index contributed by atoms with van der Waals surface area (Å²) in [6, 6.07) is 15.5. The molecule has 0 aliphatic carbocycles. The Labute approximate surface area is 187 Å². The number of thiocarbonyl (C=S) groups is 1. The highest BCUT2D eigenvalue weighted by Gasteiger charge is 2.28. The molecule has 6 nitrogen and oxygen atoms in total. The Morgan fingerprint density at radius 3 is 2.63 bits per heavy atom. The lowest BCUT2D eigenvalue weighted by Crippen LogP contribution is -2.46. The van der Waals surface area contributed by atoms with Crippen LogP contribution >= 0.6 is 28.1 Å². The Bertz CT molecular complexity index is 1110. The molecule has 1 amide bonds.